The molecule has 5 aromatic rings. The lowest BCUT2D eigenvalue weighted by molar-refractivity contribution is 0.0395. The minimum Gasteiger partial charge on any atom is -0.379 e. The number of hydrogen-bond acceptors (Lipinski definition) is 7. The maximum absolute atomic E-state index is 13.3. The molecule has 248 valence electrons. The summed E-state index contributed by atoms with van der Waals surface area (Å²) in [4.78, 5) is 10.8. The number of ether oxygens (including phenoxy) is 1. The molecule has 3 heterocycles. The van der Waals surface area contributed by atoms with Crippen LogP contribution in [0.15, 0.2) is 102 Å². The number of morpholine rings is 1. The molecule has 0 atom stereocenters. The number of sulfone groups is 1. The average molecular weight is 683 g/mol. The Morgan fingerprint density at radius 2 is 1.73 bits per heavy atom. The zero-order valence-corrected chi connectivity index (χ0v) is 28.4. The van der Waals surface area contributed by atoms with Crippen molar-refractivity contribution in [2.24, 2.45) is 0 Å². The van der Waals surface area contributed by atoms with Gasteiger partial charge in [0.05, 0.1) is 35.8 Å². The van der Waals surface area contributed by atoms with E-state index in [1.165, 1.54) is 10.6 Å². The molecule has 0 spiro atoms. The number of rotatable bonds is 10. The van der Waals surface area contributed by atoms with E-state index in [-0.39, 0.29) is 5.75 Å². The first kappa shape index (κ1) is 32.3. The Morgan fingerprint density at radius 1 is 0.958 bits per heavy atom. The maximum atomic E-state index is 13.3. The van der Waals surface area contributed by atoms with Gasteiger partial charge in [-0.25, -0.2) is 21.8 Å². The molecule has 0 amide bonds. The third-order valence-corrected chi connectivity index (χ3v) is 12.0. The summed E-state index contributed by atoms with van der Waals surface area (Å²) >= 11 is 0. The van der Waals surface area contributed by atoms with Gasteiger partial charge in [0.1, 0.15) is 5.65 Å². The summed E-state index contributed by atoms with van der Waals surface area (Å²) in [6, 6.07) is 21.9. The van der Waals surface area contributed by atoms with Crippen molar-refractivity contribution in [1.29, 1.82) is 0 Å². The first-order valence-corrected chi connectivity index (χ1v) is 19.6. The van der Waals surface area contributed by atoms with E-state index in [0.717, 1.165) is 70.1 Å². The van der Waals surface area contributed by atoms with Crippen LogP contribution < -0.4 is 4.31 Å². The maximum Gasteiger partial charge on any atom is 0.232 e. The lowest BCUT2D eigenvalue weighted by Gasteiger charge is -2.30. The van der Waals surface area contributed by atoms with Gasteiger partial charge < -0.3 is 9.72 Å². The molecule has 11 heteroatoms. The Balaban J connectivity index is 1.29. The zero-order valence-electron chi connectivity index (χ0n) is 26.8. The molecule has 7 rings (SSSR count). The summed E-state index contributed by atoms with van der Waals surface area (Å²) in [6.07, 6.45) is 11.2. The second-order valence-electron chi connectivity index (χ2n) is 12.3. The molecule has 9 nitrogen and oxygen atoms in total. The molecule has 3 aromatic carbocycles. The number of benzene rings is 3. The summed E-state index contributed by atoms with van der Waals surface area (Å²) in [5.74, 6) is -0.114. The van der Waals surface area contributed by atoms with Crippen LogP contribution in [0.25, 0.3) is 38.6 Å². The Hall–Kier alpha value is -4.29. The SMILES string of the molecule is CS(=O)(=O)N(CCN1CCOCC1)c1ccc(-c2cnc3[nH]c4ccc(CS(=O)(=O)c5ccccc5)cc4c3c2C2=CC=CCC2)cc1. The number of sulfonamides is 1. The highest BCUT2D eigenvalue weighted by Crippen LogP contribution is 2.41. The van der Waals surface area contributed by atoms with Gasteiger partial charge in [-0.2, -0.15) is 0 Å². The first-order valence-electron chi connectivity index (χ1n) is 16.1. The number of allylic oxidation sites excluding steroid dienone is 4. The van der Waals surface area contributed by atoms with Crippen LogP contribution in [0.5, 0.6) is 0 Å². The van der Waals surface area contributed by atoms with Gasteiger partial charge in [0.15, 0.2) is 9.84 Å². The molecule has 1 aliphatic heterocycles. The third-order valence-electron chi connectivity index (χ3n) is 9.07. The predicted octanol–water partition coefficient (Wildman–Crippen LogP) is 6.19. The molecule has 0 radical (unpaired) electrons. The van der Waals surface area contributed by atoms with Gasteiger partial charge in [-0.3, -0.25) is 9.21 Å². The van der Waals surface area contributed by atoms with E-state index in [0.29, 0.717) is 42.4 Å². The van der Waals surface area contributed by atoms with Crippen molar-refractivity contribution in [3.05, 3.63) is 108 Å². The fourth-order valence-corrected chi connectivity index (χ4v) is 8.91. The number of fused-ring (bicyclic) bond motifs is 3. The van der Waals surface area contributed by atoms with Gasteiger partial charge >= 0.3 is 0 Å². The third kappa shape index (κ3) is 6.68. The van der Waals surface area contributed by atoms with Crippen LogP contribution in [0, 0.1) is 0 Å². The van der Waals surface area contributed by atoms with Crippen molar-refractivity contribution in [1.82, 2.24) is 14.9 Å². The van der Waals surface area contributed by atoms with Crippen molar-refractivity contribution in [2.75, 3.05) is 50.0 Å². The van der Waals surface area contributed by atoms with Gasteiger partial charge in [0.2, 0.25) is 10.0 Å². The summed E-state index contributed by atoms with van der Waals surface area (Å²) in [5.41, 5.74) is 6.96. The van der Waals surface area contributed by atoms with Crippen LogP contribution in [0.1, 0.15) is 24.0 Å². The standard InChI is InChI=1S/C37H38N4O5S2/c1-47(42,43)41(19-18-40-20-22-46-23-21-40)30-15-13-28(14-16-30)33-25-38-37-36(35(33)29-8-4-2-5-9-29)32-24-27(12-17-34(32)39-37)26-48(44,45)31-10-6-3-7-11-31/h2-4,6-8,10-17,24-25H,5,9,18-23,26H2,1H3,(H,38,39). The normalized spacial score (nSPS) is 16.0. The van der Waals surface area contributed by atoms with E-state index in [1.807, 2.05) is 48.7 Å². The Labute approximate surface area is 281 Å². The lowest BCUT2D eigenvalue weighted by atomic mass is 9.88. The Morgan fingerprint density at radius 3 is 2.44 bits per heavy atom. The summed E-state index contributed by atoms with van der Waals surface area (Å²) in [5, 5.41) is 1.85. The van der Waals surface area contributed by atoms with Crippen LogP contribution in [0.3, 0.4) is 0 Å². The van der Waals surface area contributed by atoms with Crippen LogP contribution in [0.2, 0.25) is 0 Å². The van der Waals surface area contributed by atoms with Crippen molar-refractivity contribution in [3.63, 3.8) is 0 Å². The zero-order chi connectivity index (χ0) is 33.3. The Kier molecular flexibility index (Phi) is 8.95. The number of hydrogen-bond donors (Lipinski definition) is 1. The number of H-pyrrole nitrogens is 1. The molecule has 1 N–H and O–H groups in total. The minimum atomic E-state index is -3.53. The minimum absolute atomic E-state index is 0.114. The van der Waals surface area contributed by atoms with Crippen LogP contribution in [-0.4, -0.2) is 77.4 Å². The van der Waals surface area contributed by atoms with Crippen molar-refractivity contribution in [2.45, 2.75) is 23.5 Å². The highest BCUT2D eigenvalue weighted by Gasteiger charge is 2.23. The fourth-order valence-electron chi connectivity index (χ4n) is 6.64. The summed E-state index contributed by atoms with van der Waals surface area (Å²) in [7, 11) is -7.04. The highest BCUT2D eigenvalue weighted by molar-refractivity contribution is 7.92. The molecular formula is C37H38N4O5S2. The smallest absolute Gasteiger partial charge is 0.232 e. The van der Waals surface area contributed by atoms with Gasteiger partial charge in [0, 0.05) is 54.2 Å². The number of aromatic amines is 1. The number of nitrogens with zero attached hydrogens (tertiary/aromatic N) is 3. The Bertz CT molecular complexity index is 2240. The van der Waals surface area contributed by atoms with E-state index in [4.69, 9.17) is 9.72 Å². The van der Waals surface area contributed by atoms with Gasteiger partial charge in [-0.15, -0.1) is 0 Å². The van der Waals surface area contributed by atoms with Gasteiger partial charge in [0.25, 0.3) is 0 Å². The molecule has 1 aliphatic carbocycles. The molecule has 0 bridgehead atoms. The monoisotopic (exact) mass is 682 g/mol. The van der Waals surface area contributed by atoms with Crippen molar-refractivity contribution < 1.29 is 21.6 Å². The number of nitrogens with one attached hydrogen (secondary N) is 1. The fraction of sp³-hybridized carbons (Fsp3) is 0.270. The predicted molar refractivity (Wildman–Crippen MR) is 192 cm³/mol. The molecular weight excluding hydrogens is 645 g/mol. The number of anilines is 1. The molecule has 1 fully saturated rings. The van der Waals surface area contributed by atoms with Crippen molar-refractivity contribution in [3.8, 4) is 11.1 Å². The topological polar surface area (TPSA) is 113 Å². The van der Waals surface area contributed by atoms with Crippen LogP contribution in [-0.2, 0) is 30.4 Å². The highest BCUT2D eigenvalue weighted by atomic mass is 32.2. The molecule has 2 aromatic heterocycles. The second kappa shape index (κ2) is 13.3. The quantitative estimate of drug-likeness (QED) is 0.187. The average Bonchev–Trinajstić information content (AvgIpc) is 3.47. The largest absolute Gasteiger partial charge is 0.379 e. The lowest BCUT2D eigenvalue weighted by Crippen LogP contribution is -2.43. The van der Waals surface area contributed by atoms with E-state index in [1.54, 1.807) is 30.3 Å². The van der Waals surface area contributed by atoms with Gasteiger partial charge in [-0.05, 0) is 71.5 Å². The molecule has 2 aliphatic rings. The van der Waals surface area contributed by atoms with E-state index in [2.05, 4.69) is 28.1 Å². The van der Waals surface area contributed by atoms with E-state index in [9.17, 15) is 16.8 Å². The van der Waals surface area contributed by atoms with E-state index < -0.39 is 19.9 Å². The number of aromatic nitrogens is 2. The number of pyridine rings is 1. The van der Waals surface area contributed by atoms with Crippen molar-refractivity contribution >= 4 is 53.1 Å². The van der Waals surface area contributed by atoms with Crippen LogP contribution >= 0.6 is 0 Å². The van der Waals surface area contributed by atoms with E-state index >= 15 is 0 Å². The van der Waals surface area contributed by atoms with Crippen LogP contribution in [0.4, 0.5) is 5.69 Å². The van der Waals surface area contributed by atoms with Gasteiger partial charge in [-0.1, -0.05) is 54.6 Å². The summed E-state index contributed by atoms with van der Waals surface area (Å²) < 4.78 is 59.2. The molecule has 0 saturated carbocycles. The molecule has 0 unspecified atom stereocenters. The summed E-state index contributed by atoms with van der Waals surface area (Å²) in [6.45, 7) is 3.87. The molecule has 1 saturated heterocycles. The first-order chi connectivity index (χ1) is 23.2. The molecule has 48 heavy (non-hydrogen) atoms. The second-order valence-corrected chi connectivity index (χ2v) is 16.2.